The zero-order chi connectivity index (χ0) is 19.6. The van der Waals surface area contributed by atoms with E-state index in [1.54, 1.807) is 29.8 Å². The van der Waals surface area contributed by atoms with Gasteiger partial charge in [0, 0.05) is 48.7 Å². The zero-order valence-corrected chi connectivity index (χ0v) is 16.3. The minimum atomic E-state index is -0.176. The summed E-state index contributed by atoms with van der Waals surface area (Å²) in [5, 5.41) is 13.9. The van der Waals surface area contributed by atoms with E-state index in [0.29, 0.717) is 18.1 Å². The fourth-order valence-corrected chi connectivity index (χ4v) is 3.82. The van der Waals surface area contributed by atoms with E-state index in [0.717, 1.165) is 41.5 Å². The molecule has 27 heavy (non-hydrogen) atoms. The number of urea groups is 1. The van der Waals surface area contributed by atoms with Crippen molar-refractivity contribution in [3.63, 3.8) is 0 Å². The van der Waals surface area contributed by atoms with Gasteiger partial charge in [-0.15, -0.1) is 0 Å². The predicted octanol–water partition coefficient (Wildman–Crippen LogP) is 2.47. The number of aliphatic hydroxyl groups excluding tert-OH is 1. The number of nitrogens with one attached hydrogen (secondary N) is 2. The normalized spacial score (nSPS) is 17.2. The molecule has 2 heterocycles. The number of benzene rings is 1. The monoisotopic (exact) mass is 392 g/mol. The smallest absolute Gasteiger partial charge is 0.317 e. The topological polar surface area (TPSA) is 88.7 Å². The van der Waals surface area contributed by atoms with E-state index in [-0.39, 0.29) is 24.6 Å². The van der Waals surface area contributed by atoms with E-state index in [1.807, 2.05) is 12.1 Å². The van der Waals surface area contributed by atoms with Gasteiger partial charge in [-0.05, 0) is 31.0 Å². The maximum absolute atomic E-state index is 12.5. The van der Waals surface area contributed by atoms with Gasteiger partial charge in [-0.2, -0.15) is 0 Å². The van der Waals surface area contributed by atoms with E-state index in [1.165, 1.54) is 0 Å². The van der Waals surface area contributed by atoms with Crippen LogP contribution < -0.4 is 5.32 Å². The van der Waals surface area contributed by atoms with Crippen LogP contribution in [0.15, 0.2) is 18.2 Å². The third-order valence-corrected chi connectivity index (χ3v) is 5.36. The molecule has 1 aromatic carbocycles. The number of carbonyl (C=O) groups is 2. The molecule has 0 spiro atoms. The maximum Gasteiger partial charge on any atom is 0.317 e. The number of amides is 3. The zero-order valence-electron chi connectivity index (χ0n) is 15.6. The van der Waals surface area contributed by atoms with E-state index >= 15 is 0 Å². The molecular weight excluding hydrogens is 368 g/mol. The first-order valence-electron chi connectivity index (χ1n) is 9.06. The largest absolute Gasteiger partial charge is 0.392 e. The van der Waals surface area contributed by atoms with Gasteiger partial charge in [-0.1, -0.05) is 11.6 Å². The molecule has 2 aromatic rings. The number of hydrogen-bond donors (Lipinski definition) is 3. The highest BCUT2D eigenvalue weighted by molar-refractivity contribution is 6.31. The molecule has 3 amide bonds. The molecule has 3 N–H and O–H groups in total. The lowest BCUT2D eigenvalue weighted by molar-refractivity contribution is -0.130. The summed E-state index contributed by atoms with van der Waals surface area (Å²) >= 11 is 6.07. The Balaban J connectivity index is 1.63. The van der Waals surface area contributed by atoms with Crippen LogP contribution in [0.4, 0.5) is 4.79 Å². The fourth-order valence-electron chi connectivity index (χ4n) is 3.58. The van der Waals surface area contributed by atoms with Crippen molar-refractivity contribution in [1.29, 1.82) is 0 Å². The van der Waals surface area contributed by atoms with Crippen LogP contribution in [0.2, 0.25) is 5.02 Å². The molecule has 0 unspecified atom stereocenters. The molecule has 1 aromatic heterocycles. The predicted molar refractivity (Wildman–Crippen MR) is 105 cm³/mol. The number of aliphatic hydroxyl groups is 1. The van der Waals surface area contributed by atoms with Crippen molar-refractivity contribution in [1.82, 2.24) is 20.1 Å². The molecule has 1 fully saturated rings. The van der Waals surface area contributed by atoms with Crippen LogP contribution in [0.1, 0.15) is 31.0 Å². The SMILES string of the molecule is CC(=O)N1CCC[C@@H](N(C)C(=O)NCc2cc3cc(Cl)cc(CO)c3[nH]2)C1. The van der Waals surface area contributed by atoms with Crippen molar-refractivity contribution in [2.75, 3.05) is 20.1 Å². The number of H-pyrrole nitrogens is 1. The molecule has 0 bridgehead atoms. The quantitative estimate of drug-likeness (QED) is 0.746. The number of aromatic nitrogens is 1. The summed E-state index contributed by atoms with van der Waals surface area (Å²) in [6.07, 6.45) is 1.78. The molecule has 1 saturated heterocycles. The first-order chi connectivity index (χ1) is 12.9. The van der Waals surface area contributed by atoms with Crippen molar-refractivity contribution in [3.8, 4) is 0 Å². The van der Waals surface area contributed by atoms with Gasteiger partial charge in [-0.25, -0.2) is 4.79 Å². The average molecular weight is 393 g/mol. The summed E-state index contributed by atoms with van der Waals surface area (Å²) in [6, 6.07) is 5.30. The molecular formula is C19H25ClN4O3. The number of aromatic amines is 1. The van der Waals surface area contributed by atoms with Crippen molar-refractivity contribution in [3.05, 3.63) is 34.5 Å². The van der Waals surface area contributed by atoms with Crippen LogP contribution in [0, 0.1) is 0 Å². The second-order valence-corrected chi connectivity index (χ2v) is 7.45. The van der Waals surface area contributed by atoms with Crippen molar-refractivity contribution < 1.29 is 14.7 Å². The summed E-state index contributed by atoms with van der Waals surface area (Å²) in [6.45, 7) is 3.12. The number of piperidine rings is 1. The molecule has 0 radical (unpaired) electrons. The lowest BCUT2D eigenvalue weighted by atomic mass is 10.0. The highest BCUT2D eigenvalue weighted by Gasteiger charge is 2.27. The van der Waals surface area contributed by atoms with Gasteiger partial charge in [0.1, 0.15) is 0 Å². The maximum atomic E-state index is 12.5. The Hall–Kier alpha value is -2.25. The first kappa shape index (κ1) is 19.5. The molecule has 7 nitrogen and oxygen atoms in total. The third kappa shape index (κ3) is 4.36. The number of nitrogens with zero attached hydrogens (tertiary/aromatic N) is 2. The van der Waals surface area contributed by atoms with Crippen molar-refractivity contribution in [2.24, 2.45) is 0 Å². The van der Waals surface area contributed by atoms with Crippen LogP contribution in [-0.4, -0.2) is 58.0 Å². The number of likely N-dealkylation sites (tertiary alicyclic amines) is 1. The molecule has 1 aliphatic rings. The Labute approximate surface area is 163 Å². The molecule has 1 aliphatic heterocycles. The van der Waals surface area contributed by atoms with Gasteiger partial charge in [0.15, 0.2) is 0 Å². The highest BCUT2D eigenvalue weighted by atomic mass is 35.5. The van der Waals surface area contributed by atoms with E-state index in [4.69, 9.17) is 11.6 Å². The average Bonchev–Trinajstić information content (AvgIpc) is 3.07. The van der Waals surface area contributed by atoms with Gasteiger partial charge in [-0.3, -0.25) is 4.79 Å². The van der Waals surface area contributed by atoms with E-state index in [2.05, 4.69) is 10.3 Å². The summed E-state index contributed by atoms with van der Waals surface area (Å²) < 4.78 is 0. The van der Waals surface area contributed by atoms with Crippen LogP contribution >= 0.6 is 11.6 Å². The first-order valence-corrected chi connectivity index (χ1v) is 9.44. The molecule has 146 valence electrons. The highest BCUT2D eigenvalue weighted by Crippen LogP contribution is 2.25. The molecule has 3 rings (SSSR count). The second-order valence-electron chi connectivity index (χ2n) is 7.01. The van der Waals surface area contributed by atoms with Crippen LogP contribution in [-0.2, 0) is 17.9 Å². The molecule has 0 saturated carbocycles. The number of likely N-dealkylation sites (N-methyl/N-ethyl adjacent to an activating group) is 1. The molecule has 8 heteroatoms. The third-order valence-electron chi connectivity index (χ3n) is 5.14. The van der Waals surface area contributed by atoms with Crippen LogP contribution in [0.3, 0.4) is 0 Å². The van der Waals surface area contributed by atoms with Gasteiger partial charge in [0.05, 0.1) is 24.7 Å². The number of halogens is 1. The van der Waals surface area contributed by atoms with E-state index in [9.17, 15) is 14.7 Å². The van der Waals surface area contributed by atoms with Crippen LogP contribution in [0.25, 0.3) is 10.9 Å². The molecule has 1 atom stereocenters. The van der Waals surface area contributed by atoms with Gasteiger partial charge in [0.25, 0.3) is 0 Å². The Morgan fingerprint density at radius 1 is 1.41 bits per heavy atom. The Morgan fingerprint density at radius 2 is 2.19 bits per heavy atom. The van der Waals surface area contributed by atoms with Gasteiger partial charge in [0.2, 0.25) is 5.91 Å². The second kappa shape index (κ2) is 8.19. The van der Waals surface area contributed by atoms with Gasteiger partial charge >= 0.3 is 6.03 Å². The summed E-state index contributed by atoms with van der Waals surface area (Å²) in [5.41, 5.74) is 2.38. The van der Waals surface area contributed by atoms with Crippen molar-refractivity contribution >= 4 is 34.4 Å². The lowest BCUT2D eigenvalue weighted by Crippen LogP contribution is -2.52. The number of rotatable bonds is 4. The van der Waals surface area contributed by atoms with Crippen molar-refractivity contribution in [2.45, 2.75) is 39.0 Å². The number of carbonyl (C=O) groups excluding carboxylic acids is 2. The minimum absolute atomic E-state index is 0.0187. The fraction of sp³-hybridized carbons (Fsp3) is 0.474. The number of fused-ring (bicyclic) bond motifs is 1. The standard InChI is InChI=1S/C19H25ClN4O3/c1-12(26)24-5-3-4-17(10-24)23(2)19(27)21-9-16-8-13-6-15(20)7-14(11-25)18(13)22-16/h6-8,17,22,25H,3-5,9-11H2,1-2H3,(H,21,27)/t17-/m1/s1. The summed E-state index contributed by atoms with van der Waals surface area (Å²) in [5.74, 6) is 0.0462. The Morgan fingerprint density at radius 3 is 2.89 bits per heavy atom. The number of hydrogen-bond acceptors (Lipinski definition) is 3. The summed E-state index contributed by atoms with van der Waals surface area (Å²) in [4.78, 5) is 30.8. The van der Waals surface area contributed by atoms with Crippen LogP contribution in [0.5, 0.6) is 0 Å². The summed E-state index contributed by atoms with van der Waals surface area (Å²) in [7, 11) is 1.76. The van der Waals surface area contributed by atoms with Gasteiger partial charge < -0.3 is 25.2 Å². The van der Waals surface area contributed by atoms with E-state index < -0.39 is 0 Å². The Kier molecular flexibility index (Phi) is 5.92. The minimum Gasteiger partial charge on any atom is -0.392 e. The Bertz CT molecular complexity index is 851. The molecule has 0 aliphatic carbocycles. The lowest BCUT2D eigenvalue weighted by Gasteiger charge is -2.37.